The number of piperazine rings is 1. The van der Waals surface area contributed by atoms with E-state index in [4.69, 9.17) is 11.6 Å². The van der Waals surface area contributed by atoms with Crippen LogP contribution in [-0.4, -0.2) is 57.3 Å². The molecule has 10 heteroatoms. The molecule has 160 valence electrons. The molecule has 2 amide bonds. The fraction of sp³-hybridized carbons (Fsp3) is 0.238. The Morgan fingerprint density at radius 2 is 1.68 bits per heavy atom. The van der Waals surface area contributed by atoms with Crippen molar-refractivity contribution in [2.45, 2.75) is 6.54 Å². The van der Waals surface area contributed by atoms with Gasteiger partial charge in [-0.15, -0.1) is 0 Å². The van der Waals surface area contributed by atoms with Crippen molar-refractivity contribution in [1.82, 2.24) is 19.4 Å². The molecular formula is C21H18ClFN4O4. The summed E-state index contributed by atoms with van der Waals surface area (Å²) in [5.74, 6) is -1.27. The summed E-state index contributed by atoms with van der Waals surface area (Å²) in [5, 5.41) is 0.347. The van der Waals surface area contributed by atoms with E-state index >= 15 is 0 Å². The monoisotopic (exact) mass is 444 g/mol. The fourth-order valence-electron chi connectivity index (χ4n) is 3.57. The van der Waals surface area contributed by atoms with Crippen LogP contribution in [0.4, 0.5) is 4.39 Å². The minimum absolute atomic E-state index is 0.0263. The van der Waals surface area contributed by atoms with Gasteiger partial charge in [-0.2, -0.15) is 0 Å². The second-order valence-corrected chi connectivity index (χ2v) is 7.57. The molecule has 0 unspecified atom stereocenters. The number of aromatic nitrogens is 2. The minimum atomic E-state index is -0.656. The van der Waals surface area contributed by atoms with Crippen molar-refractivity contribution in [3.63, 3.8) is 0 Å². The average molecular weight is 445 g/mol. The molecule has 0 spiro atoms. The van der Waals surface area contributed by atoms with Crippen molar-refractivity contribution < 1.29 is 14.0 Å². The van der Waals surface area contributed by atoms with Crippen molar-refractivity contribution in [2.75, 3.05) is 26.2 Å². The summed E-state index contributed by atoms with van der Waals surface area (Å²) in [6.07, 6.45) is 0. The third-order valence-corrected chi connectivity index (χ3v) is 5.58. The highest BCUT2D eigenvalue weighted by molar-refractivity contribution is 6.33. The van der Waals surface area contributed by atoms with E-state index in [-0.39, 0.29) is 42.7 Å². The highest BCUT2D eigenvalue weighted by Gasteiger charge is 2.26. The molecule has 2 aromatic carbocycles. The topological polar surface area (TPSA) is 95.5 Å². The molecule has 31 heavy (non-hydrogen) atoms. The number of carbonyl (C=O) groups is 2. The van der Waals surface area contributed by atoms with Gasteiger partial charge >= 0.3 is 5.69 Å². The van der Waals surface area contributed by atoms with E-state index < -0.39 is 29.5 Å². The van der Waals surface area contributed by atoms with E-state index in [1.165, 1.54) is 15.9 Å². The van der Waals surface area contributed by atoms with Crippen LogP contribution in [0.1, 0.15) is 10.4 Å². The number of amides is 2. The maximum atomic E-state index is 13.2. The first-order valence-electron chi connectivity index (χ1n) is 9.59. The Kier molecular flexibility index (Phi) is 5.60. The summed E-state index contributed by atoms with van der Waals surface area (Å²) in [6.45, 7) is 0.590. The second-order valence-electron chi connectivity index (χ2n) is 7.16. The molecule has 3 aromatic rings. The molecule has 0 radical (unpaired) electrons. The Balaban J connectivity index is 1.44. The van der Waals surface area contributed by atoms with Crippen LogP contribution >= 0.6 is 11.6 Å². The van der Waals surface area contributed by atoms with Crippen LogP contribution < -0.4 is 11.2 Å². The third kappa shape index (κ3) is 4.09. The van der Waals surface area contributed by atoms with Crippen molar-refractivity contribution in [1.29, 1.82) is 0 Å². The van der Waals surface area contributed by atoms with Crippen LogP contribution in [0.5, 0.6) is 0 Å². The molecule has 2 heterocycles. The highest BCUT2D eigenvalue weighted by atomic mass is 35.5. The first kappa shape index (κ1) is 20.8. The second kappa shape index (κ2) is 8.35. The van der Waals surface area contributed by atoms with Crippen molar-refractivity contribution in [3.05, 3.63) is 79.7 Å². The van der Waals surface area contributed by atoms with E-state index in [9.17, 15) is 23.6 Å². The standard InChI is InChI=1S/C21H18ClFN4O4/c22-16-11-13(23)5-6-14(16)19(29)26-9-7-25(8-10-26)18(28)12-27-20(30)15-3-1-2-4-17(15)24-21(27)31/h1-6,11H,7-10,12H2,(H,24,31). The smallest absolute Gasteiger partial charge is 0.329 e. The van der Waals surface area contributed by atoms with Gasteiger partial charge in [0.1, 0.15) is 12.4 Å². The van der Waals surface area contributed by atoms with E-state index in [1.54, 1.807) is 24.3 Å². The van der Waals surface area contributed by atoms with Crippen LogP contribution in [0.2, 0.25) is 5.02 Å². The average Bonchev–Trinajstić information content (AvgIpc) is 2.76. The predicted molar refractivity (Wildman–Crippen MR) is 113 cm³/mol. The highest BCUT2D eigenvalue weighted by Crippen LogP contribution is 2.20. The number of nitrogens with one attached hydrogen (secondary N) is 1. The van der Waals surface area contributed by atoms with Gasteiger partial charge in [0, 0.05) is 26.2 Å². The Labute approximate surface area is 180 Å². The van der Waals surface area contributed by atoms with E-state index in [2.05, 4.69) is 4.98 Å². The lowest BCUT2D eigenvalue weighted by Gasteiger charge is -2.35. The molecule has 1 aromatic heterocycles. The number of aromatic amines is 1. The van der Waals surface area contributed by atoms with Crippen LogP contribution in [0, 0.1) is 5.82 Å². The van der Waals surface area contributed by atoms with Gasteiger partial charge in [0.25, 0.3) is 11.5 Å². The van der Waals surface area contributed by atoms with Crippen LogP contribution in [-0.2, 0) is 11.3 Å². The lowest BCUT2D eigenvalue weighted by molar-refractivity contribution is -0.133. The Bertz CT molecular complexity index is 1290. The largest absolute Gasteiger partial charge is 0.338 e. The summed E-state index contributed by atoms with van der Waals surface area (Å²) in [7, 11) is 0. The Morgan fingerprint density at radius 3 is 2.39 bits per heavy atom. The quantitative estimate of drug-likeness (QED) is 0.661. The molecule has 4 rings (SSSR count). The summed E-state index contributed by atoms with van der Waals surface area (Å²) < 4.78 is 14.1. The van der Waals surface area contributed by atoms with Crippen molar-refractivity contribution in [3.8, 4) is 0 Å². The summed E-state index contributed by atoms with van der Waals surface area (Å²) in [5.41, 5.74) is -0.589. The van der Waals surface area contributed by atoms with Gasteiger partial charge in [-0.1, -0.05) is 23.7 Å². The molecule has 0 aliphatic carbocycles. The van der Waals surface area contributed by atoms with Crippen molar-refractivity contribution >= 4 is 34.3 Å². The number of fused-ring (bicyclic) bond motifs is 1. The molecule has 0 saturated carbocycles. The van der Waals surface area contributed by atoms with Crippen LogP contribution in [0.3, 0.4) is 0 Å². The zero-order valence-corrected chi connectivity index (χ0v) is 17.1. The van der Waals surface area contributed by atoms with E-state index in [0.717, 1.165) is 16.7 Å². The molecular weight excluding hydrogens is 427 g/mol. The predicted octanol–water partition coefficient (Wildman–Crippen LogP) is 1.47. The maximum Gasteiger partial charge on any atom is 0.329 e. The van der Waals surface area contributed by atoms with Gasteiger partial charge in [0.05, 0.1) is 21.5 Å². The summed E-state index contributed by atoms with van der Waals surface area (Å²) in [4.78, 5) is 55.8. The lowest BCUT2D eigenvalue weighted by Crippen LogP contribution is -2.52. The number of halogens is 2. The number of carbonyl (C=O) groups excluding carboxylic acids is 2. The van der Waals surface area contributed by atoms with Gasteiger partial charge in [-0.05, 0) is 30.3 Å². The summed E-state index contributed by atoms with van der Waals surface area (Å²) >= 11 is 5.97. The number of nitrogens with zero attached hydrogens (tertiary/aromatic N) is 3. The molecule has 1 saturated heterocycles. The van der Waals surface area contributed by atoms with Crippen LogP contribution in [0.15, 0.2) is 52.1 Å². The number of para-hydroxylation sites is 1. The lowest BCUT2D eigenvalue weighted by atomic mass is 10.1. The van der Waals surface area contributed by atoms with Gasteiger partial charge < -0.3 is 14.8 Å². The molecule has 0 atom stereocenters. The molecule has 1 aliphatic heterocycles. The van der Waals surface area contributed by atoms with E-state index in [1.807, 2.05) is 0 Å². The fourth-order valence-corrected chi connectivity index (χ4v) is 3.82. The number of rotatable bonds is 3. The Morgan fingerprint density at radius 1 is 1.00 bits per heavy atom. The summed E-state index contributed by atoms with van der Waals surface area (Å²) in [6, 6.07) is 10.2. The van der Waals surface area contributed by atoms with Gasteiger partial charge in [0.2, 0.25) is 5.91 Å². The zero-order chi connectivity index (χ0) is 22.1. The molecule has 8 nitrogen and oxygen atoms in total. The maximum absolute atomic E-state index is 13.2. The SMILES string of the molecule is O=C(Cn1c(=O)[nH]c2ccccc2c1=O)N1CCN(C(=O)c2ccc(F)cc2Cl)CC1. The first-order valence-corrected chi connectivity index (χ1v) is 9.97. The zero-order valence-electron chi connectivity index (χ0n) is 16.3. The van der Waals surface area contributed by atoms with Crippen LogP contribution in [0.25, 0.3) is 10.9 Å². The number of hydrogen-bond donors (Lipinski definition) is 1. The normalized spacial score (nSPS) is 14.1. The Hall–Kier alpha value is -3.46. The molecule has 1 fully saturated rings. The number of H-pyrrole nitrogens is 1. The number of benzene rings is 2. The van der Waals surface area contributed by atoms with Crippen molar-refractivity contribution in [2.24, 2.45) is 0 Å². The first-order chi connectivity index (χ1) is 14.8. The molecule has 1 aliphatic rings. The number of hydrogen-bond acceptors (Lipinski definition) is 4. The van der Waals surface area contributed by atoms with Gasteiger partial charge in [0.15, 0.2) is 0 Å². The van der Waals surface area contributed by atoms with E-state index in [0.29, 0.717) is 10.9 Å². The van der Waals surface area contributed by atoms with Gasteiger partial charge in [-0.25, -0.2) is 9.18 Å². The molecule has 0 bridgehead atoms. The van der Waals surface area contributed by atoms with Gasteiger partial charge in [-0.3, -0.25) is 19.0 Å². The molecule has 1 N–H and O–H groups in total. The third-order valence-electron chi connectivity index (χ3n) is 5.26. The minimum Gasteiger partial charge on any atom is -0.338 e.